The van der Waals surface area contributed by atoms with Gasteiger partial charge in [-0.15, -0.1) is 0 Å². The number of benzene rings is 3. The van der Waals surface area contributed by atoms with Crippen molar-refractivity contribution in [2.45, 2.75) is 90.6 Å². The van der Waals surface area contributed by atoms with Crippen molar-refractivity contribution in [3.05, 3.63) is 83.7 Å². The van der Waals surface area contributed by atoms with Crippen LogP contribution >= 0.6 is 0 Å². The SMILES string of the molecule is CC1(CNC(=O)[C@@H]2[C@H](NC(=O)c3cc(OC4CCC(C)(C(=O)OCc5cccc6ccccc56)CC4)c(F)cc3OC(F)F)[C@H]3C=C[C@@H]2C3)CCC1. The van der Waals surface area contributed by atoms with E-state index >= 15 is 4.39 Å². The molecule has 0 aliphatic heterocycles. The fraction of sp³-hybridized carbons (Fsp3) is 0.488. The monoisotopic (exact) mass is 718 g/mol. The van der Waals surface area contributed by atoms with Gasteiger partial charge in [0.15, 0.2) is 11.6 Å². The number of carbonyl (C=O) groups excluding carboxylic acids is 3. The number of nitrogens with one attached hydrogen (secondary N) is 2. The van der Waals surface area contributed by atoms with Crippen LogP contribution in [-0.4, -0.2) is 43.1 Å². The van der Waals surface area contributed by atoms with Crippen LogP contribution in [0.2, 0.25) is 0 Å². The minimum absolute atomic E-state index is 0.0547. The van der Waals surface area contributed by atoms with E-state index in [1.54, 1.807) is 0 Å². The van der Waals surface area contributed by atoms with Crippen molar-refractivity contribution in [2.24, 2.45) is 28.6 Å². The average molecular weight is 719 g/mol. The lowest BCUT2D eigenvalue weighted by Gasteiger charge is -2.39. The van der Waals surface area contributed by atoms with Crippen LogP contribution in [0, 0.1) is 34.4 Å². The van der Waals surface area contributed by atoms with Crippen LogP contribution < -0.4 is 20.1 Å². The largest absolute Gasteiger partial charge is 0.487 e. The van der Waals surface area contributed by atoms with Crippen molar-refractivity contribution >= 4 is 28.6 Å². The van der Waals surface area contributed by atoms with Gasteiger partial charge >= 0.3 is 12.6 Å². The minimum atomic E-state index is -3.30. The van der Waals surface area contributed by atoms with Gasteiger partial charge in [0.25, 0.3) is 5.91 Å². The van der Waals surface area contributed by atoms with Crippen molar-refractivity contribution < 1.29 is 41.8 Å². The molecule has 3 saturated carbocycles. The van der Waals surface area contributed by atoms with E-state index in [4.69, 9.17) is 9.47 Å². The normalized spacial score (nSPS) is 27.2. The van der Waals surface area contributed by atoms with Gasteiger partial charge in [-0.2, -0.15) is 8.78 Å². The Morgan fingerprint density at radius 1 is 0.923 bits per heavy atom. The van der Waals surface area contributed by atoms with Crippen molar-refractivity contribution in [1.82, 2.24) is 10.6 Å². The predicted molar refractivity (Wildman–Crippen MR) is 188 cm³/mol. The second kappa shape index (κ2) is 14.5. The molecule has 0 radical (unpaired) electrons. The lowest BCUT2D eigenvalue weighted by molar-refractivity contribution is -0.159. The standard InChI is InChI=1S/C41H45F3N2O6/c1-40(15-6-16-40)23-45-37(48)34-25-11-12-26(19-25)35(34)46-36(47)30-20-33(31(42)21-32(30)52-39(43)44)51-28-13-17-41(2,18-14-28)38(49)50-22-27-9-5-8-24-7-3-4-10-29(24)27/h3-5,7-12,20-21,25-26,28,34-35,39H,6,13-19,22-23H2,1-2H3,(H,45,48)(H,46,47)/t25-,26+,28?,34+,35-,41?/m1/s1. The maximum Gasteiger partial charge on any atom is 0.387 e. The lowest BCUT2D eigenvalue weighted by Crippen LogP contribution is -2.50. The van der Waals surface area contributed by atoms with Crippen LogP contribution in [0.1, 0.15) is 81.1 Å². The van der Waals surface area contributed by atoms with Gasteiger partial charge in [0.2, 0.25) is 5.91 Å². The molecule has 3 aromatic carbocycles. The molecule has 2 amide bonds. The summed E-state index contributed by atoms with van der Waals surface area (Å²) in [5.41, 5.74) is -0.0964. The molecule has 3 aromatic rings. The van der Waals surface area contributed by atoms with E-state index < -0.39 is 47.6 Å². The third kappa shape index (κ3) is 7.36. The van der Waals surface area contributed by atoms with E-state index in [0.29, 0.717) is 38.6 Å². The number of hydrogen-bond acceptors (Lipinski definition) is 6. The molecule has 4 aliphatic carbocycles. The maximum absolute atomic E-state index is 15.3. The highest BCUT2D eigenvalue weighted by Gasteiger charge is 2.49. The molecule has 0 aromatic heterocycles. The fourth-order valence-electron chi connectivity index (χ4n) is 8.44. The van der Waals surface area contributed by atoms with Crippen molar-refractivity contribution in [1.29, 1.82) is 0 Å². The molecule has 2 bridgehead atoms. The Bertz CT molecular complexity index is 1860. The van der Waals surface area contributed by atoms with E-state index in [2.05, 4.69) is 22.3 Å². The molecule has 0 heterocycles. The number of allylic oxidation sites excluding steroid dienone is 1. The van der Waals surface area contributed by atoms with E-state index in [9.17, 15) is 23.2 Å². The van der Waals surface area contributed by atoms with Crippen LogP contribution in [0.25, 0.3) is 10.8 Å². The minimum Gasteiger partial charge on any atom is -0.487 e. The zero-order valence-corrected chi connectivity index (χ0v) is 29.5. The number of halogens is 3. The third-order valence-electron chi connectivity index (χ3n) is 11.9. The Morgan fingerprint density at radius 3 is 2.38 bits per heavy atom. The maximum atomic E-state index is 15.3. The number of ether oxygens (including phenoxy) is 3. The summed E-state index contributed by atoms with van der Waals surface area (Å²) in [4.78, 5) is 40.4. The molecule has 4 atom stereocenters. The van der Waals surface area contributed by atoms with Crippen LogP contribution in [-0.2, 0) is 20.9 Å². The van der Waals surface area contributed by atoms with Crippen LogP contribution in [0.3, 0.4) is 0 Å². The quantitative estimate of drug-likeness (QED) is 0.146. The van der Waals surface area contributed by atoms with Crippen LogP contribution in [0.5, 0.6) is 11.5 Å². The number of carbonyl (C=O) groups is 3. The second-order valence-corrected chi connectivity index (χ2v) is 15.6. The fourth-order valence-corrected chi connectivity index (χ4v) is 8.44. The number of hydrogen-bond donors (Lipinski definition) is 2. The summed E-state index contributed by atoms with van der Waals surface area (Å²) < 4.78 is 58.6. The smallest absolute Gasteiger partial charge is 0.387 e. The third-order valence-corrected chi connectivity index (χ3v) is 11.9. The van der Waals surface area contributed by atoms with Gasteiger partial charge in [0, 0.05) is 18.7 Å². The molecular formula is C41H45F3N2O6. The molecule has 52 heavy (non-hydrogen) atoms. The first-order chi connectivity index (χ1) is 24.9. The number of alkyl halides is 2. The zero-order chi connectivity index (χ0) is 36.6. The Labute approximate surface area is 301 Å². The first kappa shape index (κ1) is 35.8. The van der Waals surface area contributed by atoms with E-state index in [0.717, 1.165) is 47.7 Å². The highest BCUT2D eigenvalue weighted by Crippen LogP contribution is 2.45. The molecule has 4 aliphatic rings. The lowest BCUT2D eigenvalue weighted by atomic mass is 9.70. The van der Waals surface area contributed by atoms with Crippen molar-refractivity contribution in [3.63, 3.8) is 0 Å². The van der Waals surface area contributed by atoms with E-state index in [-0.39, 0.29) is 47.0 Å². The Balaban J connectivity index is 1.00. The van der Waals surface area contributed by atoms with Gasteiger partial charge < -0.3 is 24.8 Å². The van der Waals surface area contributed by atoms with Gasteiger partial charge in [-0.25, -0.2) is 4.39 Å². The Hall–Kier alpha value is -4.54. The van der Waals surface area contributed by atoms with Gasteiger partial charge in [-0.1, -0.05) is 68.0 Å². The molecule has 3 fully saturated rings. The number of fused-ring (bicyclic) bond motifs is 3. The predicted octanol–water partition coefficient (Wildman–Crippen LogP) is 7.88. The molecule has 7 rings (SSSR count). The van der Waals surface area contributed by atoms with Crippen molar-refractivity contribution in [2.75, 3.05) is 6.54 Å². The molecule has 2 N–H and O–H groups in total. The summed E-state index contributed by atoms with van der Waals surface area (Å²) in [6.07, 6.45) is 9.06. The van der Waals surface area contributed by atoms with Crippen molar-refractivity contribution in [3.8, 4) is 11.5 Å². The molecular weight excluding hydrogens is 673 g/mol. The summed E-state index contributed by atoms with van der Waals surface area (Å²) in [6.45, 7) is 1.39. The Morgan fingerprint density at radius 2 is 1.65 bits per heavy atom. The highest BCUT2D eigenvalue weighted by molar-refractivity contribution is 5.98. The van der Waals surface area contributed by atoms with Crippen LogP contribution in [0.4, 0.5) is 13.2 Å². The molecule has 276 valence electrons. The number of amides is 2. The summed E-state index contributed by atoms with van der Waals surface area (Å²) in [7, 11) is 0. The van der Waals surface area contributed by atoms with Gasteiger partial charge in [0.05, 0.1) is 23.0 Å². The van der Waals surface area contributed by atoms with Gasteiger partial charge in [0.1, 0.15) is 12.4 Å². The molecule has 0 spiro atoms. The summed E-state index contributed by atoms with van der Waals surface area (Å²) in [6, 6.07) is 15.0. The highest BCUT2D eigenvalue weighted by atomic mass is 19.3. The summed E-state index contributed by atoms with van der Waals surface area (Å²) in [5.74, 6) is -3.78. The molecule has 11 heteroatoms. The summed E-state index contributed by atoms with van der Waals surface area (Å²) >= 11 is 0. The first-order valence-electron chi connectivity index (χ1n) is 18.3. The molecule has 0 unspecified atom stereocenters. The second-order valence-electron chi connectivity index (χ2n) is 15.6. The first-order valence-corrected chi connectivity index (χ1v) is 18.3. The van der Waals surface area contributed by atoms with E-state index in [1.807, 2.05) is 61.5 Å². The van der Waals surface area contributed by atoms with Gasteiger partial charge in [-0.3, -0.25) is 14.4 Å². The topological polar surface area (TPSA) is 103 Å². The molecule has 0 saturated heterocycles. The van der Waals surface area contributed by atoms with Gasteiger partial charge in [-0.05, 0) is 91.5 Å². The number of esters is 1. The Kier molecular flexibility index (Phi) is 9.97. The van der Waals surface area contributed by atoms with E-state index in [1.165, 1.54) is 0 Å². The zero-order valence-electron chi connectivity index (χ0n) is 29.5. The summed E-state index contributed by atoms with van der Waals surface area (Å²) in [5, 5.41) is 8.06. The average Bonchev–Trinajstić information content (AvgIpc) is 3.73. The number of rotatable bonds is 12. The molecule has 8 nitrogen and oxygen atoms in total. The van der Waals surface area contributed by atoms with Crippen LogP contribution in [0.15, 0.2) is 66.7 Å².